The van der Waals surface area contributed by atoms with Gasteiger partial charge in [0, 0.05) is 12.6 Å². The molecule has 0 aromatic heterocycles. The predicted octanol–water partition coefficient (Wildman–Crippen LogP) is 2.11. The average Bonchev–Trinajstić information content (AvgIpc) is 2.15. The highest BCUT2D eigenvalue weighted by Gasteiger charge is 2.16. The van der Waals surface area contributed by atoms with Crippen molar-refractivity contribution in [3.05, 3.63) is 0 Å². The van der Waals surface area contributed by atoms with Crippen LogP contribution in [0, 0.1) is 5.92 Å². The number of hydrogen-bond acceptors (Lipinski definition) is 2. The Labute approximate surface area is 89.1 Å². The summed E-state index contributed by atoms with van der Waals surface area (Å²) in [5.41, 5.74) is 0. The average molecular weight is 198 g/mol. The monoisotopic (exact) mass is 198 g/mol. The molecule has 0 aromatic carbocycles. The topological polar surface area (TPSA) is 15.3 Å². The molecule has 1 fully saturated rings. The Morgan fingerprint density at radius 3 is 2.93 bits per heavy atom. The fourth-order valence-corrected chi connectivity index (χ4v) is 2.30. The molecule has 1 saturated heterocycles. The van der Waals surface area contributed by atoms with E-state index in [1.165, 1.54) is 45.3 Å². The molecule has 0 radical (unpaired) electrons. The summed E-state index contributed by atoms with van der Waals surface area (Å²) in [6.07, 6.45) is 5.39. The molecule has 0 saturated carbocycles. The fourth-order valence-electron chi connectivity index (χ4n) is 2.30. The van der Waals surface area contributed by atoms with E-state index in [4.69, 9.17) is 0 Å². The first kappa shape index (κ1) is 12.0. The molecule has 2 atom stereocenters. The quantitative estimate of drug-likeness (QED) is 0.728. The maximum Gasteiger partial charge on any atom is 0.0195 e. The van der Waals surface area contributed by atoms with Crippen LogP contribution in [-0.4, -0.2) is 37.6 Å². The summed E-state index contributed by atoms with van der Waals surface area (Å²) in [5, 5.41) is 3.69. The van der Waals surface area contributed by atoms with Crippen molar-refractivity contribution in [2.24, 2.45) is 5.92 Å². The molecular formula is C12H26N2. The largest absolute Gasteiger partial charge is 0.312 e. The van der Waals surface area contributed by atoms with Crippen LogP contribution in [-0.2, 0) is 0 Å². The zero-order chi connectivity index (χ0) is 10.4. The molecule has 1 N–H and O–H groups in total. The van der Waals surface area contributed by atoms with Crippen LogP contribution in [0.1, 0.15) is 39.5 Å². The second-order valence-electron chi connectivity index (χ2n) is 4.90. The fraction of sp³-hybridized carbons (Fsp3) is 1.00. The number of nitrogens with one attached hydrogen (secondary N) is 1. The van der Waals surface area contributed by atoms with E-state index < -0.39 is 0 Å². The van der Waals surface area contributed by atoms with Crippen LogP contribution in [0.15, 0.2) is 0 Å². The summed E-state index contributed by atoms with van der Waals surface area (Å²) in [4.78, 5) is 2.44. The van der Waals surface area contributed by atoms with Crippen molar-refractivity contribution in [3.8, 4) is 0 Å². The number of rotatable bonds is 5. The highest BCUT2D eigenvalue weighted by atomic mass is 15.1. The zero-order valence-electron chi connectivity index (χ0n) is 10.1. The normalized spacial score (nSPS) is 26.4. The molecule has 1 aliphatic heterocycles. The minimum absolute atomic E-state index is 0.744. The summed E-state index contributed by atoms with van der Waals surface area (Å²) >= 11 is 0. The van der Waals surface area contributed by atoms with Crippen molar-refractivity contribution in [3.63, 3.8) is 0 Å². The SMILES string of the molecule is CCCC(C)CNC1CCCN(C)C1. The Balaban J connectivity index is 2.10. The van der Waals surface area contributed by atoms with Crippen molar-refractivity contribution < 1.29 is 0 Å². The molecule has 0 spiro atoms. The third kappa shape index (κ3) is 4.43. The minimum Gasteiger partial charge on any atom is -0.312 e. The molecule has 1 rings (SSSR count). The number of likely N-dealkylation sites (tertiary alicyclic amines) is 1. The molecule has 14 heavy (non-hydrogen) atoms. The van der Waals surface area contributed by atoms with E-state index in [-0.39, 0.29) is 0 Å². The van der Waals surface area contributed by atoms with E-state index in [0.29, 0.717) is 0 Å². The smallest absolute Gasteiger partial charge is 0.0195 e. The van der Waals surface area contributed by atoms with Crippen LogP contribution in [0.2, 0.25) is 0 Å². The second-order valence-corrected chi connectivity index (χ2v) is 4.90. The van der Waals surface area contributed by atoms with Crippen LogP contribution in [0.5, 0.6) is 0 Å². The standard InChI is InChI=1S/C12H26N2/c1-4-6-11(2)9-13-12-7-5-8-14(3)10-12/h11-13H,4-10H2,1-3H3. The van der Waals surface area contributed by atoms with Crippen LogP contribution < -0.4 is 5.32 Å². The molecule has 2 unspecified atom stereocenters. The van der Waals surface area contributed by atoms with Crippen molar-refractivity contribution in [2.75, 3.05) is 26.7 Å². The first-order valence-corrected chi connectivity index (χ1v) is 6.14. The third-order valence-corrected chi connectivity index (χ3v) is 3.16. The third-order valence-electron chi connectivity index (χ3n) is 3.16. The molecule has 0 aliphatic carbocycles. The van der Waals surface area contributed by atoms with E-state index in [9.17, 15) is 0 Å². The number of likely N-dealkylation sites (N-methyl/N-ethyl adjacent to an activating group) is 1. The van der Waals surface area contributed by atoms with Crippen molar-refractivity contribution in [1.29, 1.82) is 0 Å². The summed E-state index contributed by atoms with van der Waals surface area (Å²) in [6.45, 7) is 8.34. The first-order valence-electron chi connectivity index (χ1n) is 6.14. The lowest BCUT2D eigenvalue weighted by Gasteiger charge is -2.31. The molecular weight excluding hydrogens is 172 g/mol. The molecule has 1 heterocycles. The molecule has 2 nitrogen and oxygen atoms in total. The van der Waals surface area contributed by atoms with E-state index in [2.05, 4.69) is 31.1 Å². The maximum absolute atomic E-state index is 3.69. The van der Waals surface area contributed by atoms with Gasteiger partial charge >= 0.3 is 0 Å². The van der Waals surface area contributed by atoms with Gasteiger partial charge in [-0.05, 0) is 45.3 Å². The van der Waals surface area contributed by atoms with Crippen LogP contribution >= 0.6 is 0 Å². The van der Waals surface area contributed by atoms with Gasteiger partial charge in [0.2, 0.25) is 0 Å². The van der Waals surface area contributed by atoms with Gasteiger partial charge < -0.3 is 10.2 Å². The Hall–Kier alpha value is -0.0800. The van der Waals surface area contributed by atoms with Crippen molar-refractivity contribution in [2.45, 2.75) is 45.6 Å². The van der Waals surface area contributed by atoms with Gasteiger partial charge in [0.1, 0.15) is 0 Å². The first-order chi connectivity index (χ1) is 6.72. The number of piperidine rings is 1. The minimum atomic E-state index is 0.744. The van der Waals surface area contributed by atoms with Gasteiger partial charge in [-0.2, -0.15) is 0 Å². The predicted molar refractivity (Wildman–Crippen MR) is 62.6 cm³/mol. The Bertz CT molecular complexity index is 147. The van der Waals surface area contributed by atoms with Gasteiger partial charge in [-0.25, -0.2) is 0 Å². The molecule has 2 heteroatoms. The van der Waals surface area contributed by atoms with E-state index in [1.807, 2.05) is 0 Å². The van der Waals surface area contributed by atoms with Gasteiger partial charge in [0.05, 0.1) is 0 Å². The Morgan fingerprint density at radius 1 is 1.50 bits per heavy atom. The molecule has 0 bridgehead atoms. The van der Waals surface area contributed by atoms with E-state index in [0.717, 1.165) is 12.0 Å². The molecule has 0 amide bonds. The number of hydrogen-bond donors (Lipinski definition) is 1. The highest BCUT2D eigenvalue weighted by Crippen LogP contribution is 2.09. The van der Waals surface area contributed by atoms with Crippen LogP contribution in [0.4, 0.5) is 0 Å². The highest BCUT2D eigenvalue weighted by molar-refractivity contribution is 4.76. The second kappa shape index (κ2) is 6.41. The summed E-state index contributed by atoms with van der Waals surface area (Å²) < 4.78 is 0. The number of nitrogens with zero attached hydrogens (tertiary/aromatic N) is 1. The summed E-state index contributed by atoms with van der Waals surface area (Å²) in [7, 11) is 2.23. The van der Waals surface area contributed by atoms with E-state index >= 15 is 0 Å². The molecule has 1 aliphatic rings. The van der Waals surface area contributed by atoms with Crippen LogP contribution in [0.25, 0.3) is 0 Å². The summed E-state index contributed by atoms with van der Waals surface area (Å²) in [6, 6.07) is 0.744. The summed E-state index contributed by atoms with van der Waals surface area (Å²) in [5.74, 6) is 0.840. The lowest BCUT2D eigenvalue weighted by molar-refractivity contribution is 0.222. The van der Waals surface area contributed by atoms with Gasteiger partial charge in [-0.15, -0.1) is 0 Å². The molecule has 84 valence electrons. The maximum atomic E-state index is 3.69. The van der Waals surface area contributed by atoms with Crippen molar-refractivity contribution >= 4 is 0 Å². The van der Waals surface area contributed by atoms with Gasteiger partial charge in [-0.3, -0.25) is 0 Å². The van der Waals surface area contributed by atoms with Crippen LogP contribution in [0.3, 0.4) is 0 Å². The lowest BCUT2D eigenvalue weighted by atomic mass is 10.0. The lowest BCUT2D eigenvalue weighted by Crippen LogP contribution is -2.45. The Kier molecular flexibility index (Phi) is 5.49. The Morgan fingerprint density at radius 2 is 2.29 bits per heavy atom. The van der Waals surface area contributed by atoms with Crippen molar-refractivity contribution in [1.82, 2.24) is 10.2 Å². The van der Waals surface area contributed by atoms with Gasteiger partial charge in [0.25, 0.3) is 0 Å². The van der Waals surface area contributed by atoms with Gasteiger partial charge in [-0.1, -0.05) is 20.3 Å². The molecule has 0 aromatic rings. The van der Waals surface area contributed by atoms with E-state index in [1.54, 1.807) is 0 Å². The zero-order valence-corrected chi connectivity index (χ0v) is 10.1. The van der Waals surface area contributed by atoms with Gasteiger partial charge in [0.15, 0.2) is 0 Å².